The number of amides is 1. The highest BCUT2D eigenvalue weighted by Gasteiger charge is 2.18. The summed E-state index contributed by atoms with van der Waals surface area (Å²) in [5, 5.41) is 11.4. The van der Waals surface area contributed by atoms with Gasteiger partial charge < -0.3 is 14.8 Å². The fourth-order valence-electron chi connectivity index (χ4n) is 2.32. The minimum absolute atomic E-state index is 0.280. The molecule has 1 N–H and O–H groups in total. The van der Waals surface area contributed by atoms with Gasteiger partial charge in [0.15, 0.2) is 12.7 Å². The van der Waals surface area contributed by atoms with Crippen LogP contribution in [-0.4, -0.2) is 24.6 Å². The third kappa shape index (κ3) is 5.64. The van der Waals surface area contributed by atoms with Crippen LogP contribution in [0.1, 0.15) is 23.6 Å². The van der Waals surface area contributed by atoms with Gasteiger partial charge in [0.1, 0.15) is 5.75 Å². The first-order valence-electron chi connectivity index (χ1n) is 8.09. The number of benzene rings is 2. The lowest BCUT2D eigenvalue weighted by atomic mass is 10.1. The number of aryl methyl sites for hydroxylation is 2. The van der Waals surface area contributed by atoms with Crippen LogP contribution in [0.15, 0.2) is 42.5 Å². The van der Waals surface area contributed by atoms with Crippen molar-refractivity contribution in [2.45, 2.75) is 26.9 Å². The van der Waals surface area contributed by atoms with E-state index in [9.17, 15) is 9.59 Å². The van der Waals surface area contributed by atoms with Crippen LogP contribution in [0, 0.1) is 25.2 Å². The number of nitriles is 1. The zero-order chi connectivity index (χ0) is 19.1. The minimum Gasteiger partial charge on any atom is -0.482 e. The zero-order valence-corrected chi connectivity index (χ0v) is 14.9. The second-order valence-electron chi connectivity index (χ2n) is 5.92. The molecule has 6 heteroatoms. The second kappa shape index (κ2) is 8.67. The Morgan fingerprint density at radius 2 is 1.73 bits per heavy atom. The fraction of sp³-hybridized carbons (Fsp3) is 0.250. The van der Waals surface area contributed by atoms with E-state index in [0.717, 1.165) is 11.1 Å². The molecule has 2 aromatic rings. The molecule has 0 aromatic heterocycles. The van der Waals surface area contributed by atoms with Gasteiger partial charge in [0, 0.05) is 5.69 Å². The molecule has 0 saturated carbocycles. The summed E-state index contributed by atoms with van der Waals surface area (Å²) in [6.45, 7) is 5.08. The molecule has 0 radical (unpaired) electrons. The van der Waals surface area contributed by atoms with Crippen LogP contribution in [0.2, 0.25) is 0 Å². The summed E-state index contributed by atoms with van der Waals surface area (Å²) in [6.07, 6.45) is -0.971. The minimum atomic E-state index is -0.971. The lowest BCUT2D eigenvalue weighted by molar-refractivity contribution is -0.155. The highest BCUT2D eigenvalue weighted by atomic mass is 16.6. The van der Waals surface area contributed by atoms with Gasteiger partial charge in [-0.05, 0) is 68.3 Å². The molecule has 6 nitrogen and oxygen atoms in total. The van der Waals surface area contributed by atoms with Crippen LogP contribution in [0.25, 0.3) is 0 Å². The molecular formula is C20H20N2O4. The number of esters is 1. The van der Waals surface area contributed by atoms with Crippen LogP contribution < -0.4 is 10.1 Å². The summed E-state index contributed by atoms with van der Waals surface area (Å²) in [6, 6.07) is 14.0. The first-order chi connectivity index (χ1) is 12.4. The van der Waals surface area contributed by atoms with Gasteiger partial charge in [-0.3, -0.25) is 4.79 Å². The predicted octanol–water partition coefficient (Wildman–Crippen LogP) is 3.12. The summed E-state index contributed by atoms with van der Waals surface area (Å²) >= 11 is 0. The van der Waals surface area contributed by atoms with Gasteiger partial charge in [0.05, 0.1) is 11.6 Å². The van der Waals surface area contributed by atoms with E-state index in [1.807, 2.05) is 38.1 Å². The van der Waals surface area contributed by atoms with Gasteiger partial charge in [0.2, 0.25) is 0 Å². The Hall–Kier alpha value is -3.33. The Labute approximate surface area is 152 Å². The number of carbonyl (C=O) groups is 2. The number of nitrogens with zero attached hydrogens (tertiary/aromatic N) is 1. The SMILES string of the molecule is Cc1cc(C)cc(OCC(=O)O[C@@H](C)C(=O)Nc2ccc(C#N)cc2)c1. The van der Waals surface area contributed by atoms with Crippen LogP contribution in [0.3, 0.4) is 0 Å². The molecular weight excluding hydrogens is 332 g/mol. The van der Waals surface area contributed by atoms with Crippen LogP contribution >= 0.6 is 0 Å². The average Bonchev–Trinajstić information content (AvgIpc) is 2.59. The Bertz CT molecular complexity index is 818. The molecule has 0 heterocycles. The largest absolute Gasteiger partial charge is 0.482 e. The van der Waals surface area contributed by atoms with E-state index in [1.165, 1.54) is 6.92 Å². The molecule has 0 aliphatic carbocycles. The van der Waals surface area contributed by atoms with Gasteiger partial charge >= 0.3 is 5.97 Å². The van der Waals surface area contributed by atoms with Crippen LogP contribution in [-0.2, 0) is 14.3 Å². The van der Waals surface area contributed by atoms with E-state index in [2.05, 4.69) is 5.32 Å². The molecule has 0 spiro atoms. The third-order valence-electron chi connectivity index (χ3n) is 3.51. The van der Waals surface area contributed by atoms with Gasteiger partial charge in [0.25, 0.3) is 5.91 Å². The highest BCUT2D eigenvalue weighted by Crippen LogP contribution is 2.16. The Kier molecular flexibility index (Phi) is 6.34. The molecule has 0 fully saturated rings. The number of hydrogen-bond acceptors (Lipinski definition) is 5. The number of rotatable bonds is 6. The van der Waals surface area contributed by atoms with E-state index in [1.54, 1.807) is 24.3 Å². The lowest BCUT2D eigenvalue weighted by Gasteiger charge is -2.14. The molecule has 1 atom stereocenters. The van der Waals surface area contributed by atoms with Crippen molar-refractivity contribution in [2.24, 2.45) is 0 Å². The molecule has 2 aromatic carbocycles. The molecule has 0 bridgehead atoms. The van der Waals surface area contributed by atoms with E-state index in [4.69, 9.17) is 14.7 Å². The smallest absolute Gasteiger partial charge is 0.344 e. The van der Waals surface area contributed by atoms with Crippen molar-refractivity contribution >= 4 is 17.6 Å². The molecule has 0 aliphatic heterocycles. The molecule has 26 heavy (non-hydrogen) atoms. The highest BCUT2D eigenvalue weighted by molar-refractivity contribution is 5.95. The Morgan fingerprint density at radius 3 is 2.31 bits per heavy atom. The van der Waals surface area contributed by atoms with Crippen LogP contribution in [0.5, 0.6) is 5.75 Å². The van der Waals surface area contributed by atoms with Crippen molar-refractivity contribution in [3.8, 4) is 11.8 Å². The first-order valence-corrected chi connectivity index (χ1v) is 8.09. The maximum absolute atomic E-state index is 12.1. The summed E-state index contributed by atoms with van der Waals surface area (Å²) in [5.74, 6) is -0.518. The standard InChI is InChI=1S/C20H20N2O4/c1-13-8-14(2)10-18(9-13)25-12-19(23)26-15(3)20(24)22-17-6-4-16(11-21)5-7-17/h4-10,15H,12H2,1-3H3,(H,22,24)/t15-/m0/s1. The van der Waals surface area contributed by atoms with E-state index in [0.29, 0.717) is 17.0 Å². The fourth-order valence-corrected chi connectivity index (χ4v) is 2.32. The molecule has 134 valence electrons. The lowest BCUT2D eigenvalue weighted by Crippen LogP contribution is -2.31. The molecule has 0 saturated heterocycles. The van der Waals surface area contributed by atoms with Crippen molar-refractivity contribution in [2.75, 3.05) is 11.9 Å². The summed E-state index contributed by atoms with van der Waals surface area (Å²) < 4.78 is 10.5. The van der Waals surface area contributed by atoms with Crippen molar-refractivity contribution < 1.29 is 19.1 Å². The van der Waals surface area contributed by atoms with E-state index in [-0.39, 0.29) is 6.61 Å². The first kappa shape index (κ1) is 19.0. The number of ether oxygens (including phenoxy) is 2. The van der Waals surface area contributed by atoms with Gasteiger partial charge in [-0.15, -0.1) is 0 Å². The maximum atomic E-state index is 12.1. The van der Waals surface area contributed by atoms with Gasteiger partial charge in [-0.1, -0.05) is 6.07 Å². The Morgan fingerprint density at radius 1 is 1.12 bits per heavy atom. The number of hydrogen-bond donors (Lipinski definition) is 1. The number of anilines is 1. The third-order valence-corrected chi connectivity index (χ3v) is 3.51. The quantitative estimate of drug-likeness (QED) is 0.807. The predicted molar refractivity (Wildman–Crippen MR) is 96.8 cm³/mol. The molecule has 0 aliphatic rings. The zero-order valence-electron chi connectivity index (χ0n) is 14.9. The van der Waals surface area contributed by atoms with Crippen molar-refractivity contribution in [3.63, 3.8) is 0 Å². The van der Waals surface area contributed by atoms with Gasteiger partial charge in [-0.25, -0.2) is 4.79 Å². The molecule has 2 rings (SSSR count). The molecule has 1 amide bonds. The number of nitrogens with one attached hydrogen (secondary N) is 1. The van der Waals surface area contributed by atoms with Crippen LogP contribution in [0.4, 0.5) is 5.69 Å². The summed E-state index contributed by atoms with van der Waals surface area (Å²) in [7, 11) is 0. The summed E-state index contributed by atoms with van der Waals surface area (Å²) in [5.41, 5.74) is 3.07. The number of carbonyl (C=O) groups excluding carboxylic acids is 2. The average molecular weight is 352 g/mol. The normalized spacial score (nSPS) is 11.2. The summed E-state index contributed by atoms with van der Waals surface area (Å²) in [4.78, 5) is 23.9. The topological polar surface area (TPSA) is 88.4 Å². The second-order valence-corrected chi connectivity index (χ2v) is 5.92. The van der Waals surface area contributed by atoms with Gasteiger partial charge in [-0.2, -0.15) is 5.26 Å². The van der Waals surface area contributed by atoms with Crippen molar-refractivity contribution in [3.05, 3.63) is 59.2 Å². The van der Waals surface area contributed by atoms with Crippen molar-refractivity contribution in [1.82, 2.24) is 0 Å². The van der Waals surface area contributed by atoms with Crippen molar-refractivity contribution in [1.29, 1.82) is 5.26 Å². The maximum Gasteiger partial charge on any atom is 0.344 e. The molecule has 0 unspecified atom stereocenters. The van der Waals surface area contributed by atoms with E-state index >= 15 is 0 Å². The van der Waals surface area contributed by atoms with E-state index < -0.39 is 18.0 Å². The monoisotopic (exact) mass is 352 g/mol. The Balaban J connectivity index is 1.83.